The molecule has 1 fully saturated rings. The van der Waals surface area contributed by atoms with Crippen LogP contribution in [-0.4, -0.2) is 111 Å². The second-order valence-corrected chi connectivity index (χ2v) is 16.0. The minimum Gasteiger partial charge on any atom is -0.508 e. The van der Waals surface area contributed by atoms with Gasteiger partial charge in [0.15, 0.2) is 0 Å². The van der Waals surface area contributed by atoms with Gasteiger partial charge in [-0.1, -0.05) is 74.5 Å². The number of H-pyrrole nitrogens is 1. The van der Waals surface area contributed by atoms with Crippen molar-refractivity contribution in [3.8, 4) is 5.75 Å². The zero-order valence-electron chi connectivity index (χ0n) is 36.4. The van der Waals surface area contributed by atoms with E-state index >= 15 is 0 Å². The lowest BCUT2D eigenvalue weighted by molar-refractivity contribution is -0.143. The fourth-order valence-electron chi connectivity index (χ4n) is 7.12. The number of likely N-dealkylation sites (N-methyl/N-ethyl adjacent to an activating group) is 1. The van der Waals surface area contributed by atoms with Crippen LogP contribution in [-0.2, 0) is 52.8 Å². The minimum absolute atomic E-state index is 0.0121. The lowest BCUT2D eigenvalue weighted by Crippen LogP contribution is -2.62. The number of para-hydroxylation sites is 1. The van der Waals surface area contributed by atoms with Crippen molar-refractivity contribution in [2.45, 2.75) is 102 Å². The SMILES string of the molecule is CC(=O)O.CC(C)C1NC(=O)C(CCCCN)NC(=O)C(Cc2c[nH]c3ccccc23)NC(=O)C(Cc2ccc(O)cc2)NC(=O)C(C)N(C)C(=O)C(Cc2ccccc2)NC1=O. The minimum atomic E-state index is -1.24. The molecule has 338 valence electrons. The van der Waals surface area contributed by atoms with Gasteiger partial charge in [0.25, 0.3) is 5.97 Å². The van der Waals surface area contributed by atoms with E-state index in [-0.39, 0.29) is 31.4 Å². The molecule has 17 heteroatoms. The van der Waals surface area contributed by atoms with Gasteiger partial charge >= 0.3 is 0 Å². The lowest BCUT2D eigenvalue weighted by atomic mass is 9.98. The van der Waals surface area contributed by atoms with Gasteiger partial charge in [0, 0.05) is 50.3 Å². The molecule has 6 atom stereocenters. The van der Waals surface area contributed by atoms with E-state index in [1.165, 1.54) is 31.0 Å². The molecule has 0 radical (unpaired) electrons. The molecular formula is C46H60N8O9. The van der Waals surface area contributed by atoms with Gasteiger partial charge in [0.05, 0.1) is 0 Å². The van der Waals surface area contributed by atoms with Gasteiger partial charge in [-0.3, -0.25) is 33.6 Å². The fraction of sp³-hybridized carbons (Fsp3) is 0.413. The number of rotatable bonds is 11. The second-order valence-electron chi connectivity index (χ2n) is 16.0. The number of phenolic OH excluding ortho intramolecular Hbond substituents is 1. The molecule has 1 aliphatic heterocycles. The molecule has 6 unspecified atom stereocenters. The van der Waals surface area contributed by atoms with E-state index in [1.807, 2.05) is 54.6 Å². The number of nitrogens with two attached hydrogens (primary N) is 1. The molecule has 1 aromatic heterocycles. The van der Waals surface area contributed by atoms with Crippen LogP contribution >= 0.6 is 0 Å². The predicted molar refractivity (Wildman–Crippen MR) is 237 cm³/mol. The molecule has 0 aliphatic carbocycles. The summed E-state index contributed by atoms with van der Waals surface area (Å²) in [7, 11) is 1.44. The number of hydrogen-bond acceptors (Lipinski definition) is 9. The van der Waals surface area contributed by atoms with Crippen molar-refractivity contribution in [1.29, 1.82) is 0 Å². The third-order valence-corrected chi connectivity index (χ3v) is 10.8. The van der Waals surface area contributed by atoms with E-state index in [1.54, 1.807) is 32.2 Å². The first-order chi connectivity index (χ1) is 30.0. The van der Waals surface area contributed by atoms with Crippen LogP contribution < -0.4 is 32.3 Å². The molecule has 2 heterocycles. The highest BCUT2D eigenvalue weighted by atomic mass is 16.4. The number of phenols is 1. The maximum absolute atomic E-state index is 14.4. The number of unbranched alkanes of at least 4 members (excludes halogenated alkanes) is 1. The third kappa shape index (κ3) is 14.4. The van der Waals surface area contributed by atoms with Crippen molar-refractivity contribution in [2.75, 3.05) is 13.6 Å². The number of aromatic hydroxyl groups is 1. The number of aromatic amines is 1. The van der Waals surface area contributed by atoms with Crippen molar-refractivity contribution in [3.05, 3.63) is 102 Å². The number of carboxylic acids is 1. The van der Waals surface area contributed by atoms with Gasteiger partial charge in [-0.15, -0.1) is 0 Å². The molecule has 17 nitrogen and oxygen atoms in total. The summed E-state index contributed by atoms with van der Waals surface area (Å²) in [6.07, 6.45) is 3.06. The zero-order valence-corrected chi connectivity index (χ0v) is 36.4. The fourth-order valence-corrected chi connectivity index (χ4v) is 7.12. The number of aromatic nitrogens is 1. The summed E-state index contributed by atoms with van der Waals surface area (Å²) in [6, 6.07) is 15.8. The Hall–Kier alpha value is -6.75. The van der Waals surface area contributed by atoms with Crippen molar-refractivity contribution in [3.63, 3.8) is 0 Å². The maximum atomic E-state index is 14.4. The average Bonchev–Trinajstić information content (AvgIpc) is 3.66. The van der Waals surface area contributed by atoms with E-state index in [0.717, 1.165) is 29.0 Å². The molecule has 0 spiro atoms. The Balaban J connectivity index is 0.00000209. The molecule has 63 heavy (non-hydrogen) atoms. The standard InChI is InChI=1S/C44H56N8O7.C2H4O2/c1-26(2)38-43(58)50-37(23-28-12-6-5-7-13-28)44(59)52(4)27(3)39(54)48-35(22-29-17-19-31(53)20-18-29)41(56)49-36(24-30-25-46-33-15-9-8-14-32(30)33)42(57)47-34(40(55)51-38)16-10-11-21-45;1-2(3)4/h5-9,12-15,17-20,25-27,34-38,46,53H,10-11,16,21-24,45H2,1-4H3,(H,47,57)(H,48,54)(H,49,56)(H,50,58)(H,51,55);1H3,(H,3,4). The Kier molecular flexibility index (Phi) is 18.2. The number of nitrogens with zero attached hydrogens (tertiary/aromatic N) is 1. The summed E-state index contributed by atoms with van der Waals surface area (Å²) in [5, 5.41) is 32.4. The summed E-state index contributed by atoms with van der Waals surface area (Å²) in [4.78, 5) is 98.8. The van der Waals surface area contributed by atoms with Crippen LogP contribution in [0.1, 0.15) is 63.6 Å². The molecule has 1 aliphatic rings. The van der Waals surface area contributed by atoms with Gasteiger partial charge in [0.1, 0.15) is 42.0 Å². The zero-order chi connectivity index (χ0) is 46.2. The molecule has 0 saturated carbocycles. The Morgan fingerprint density at radius 2 is 1.21 bits per heavy atom. The van der Waals surface area contributed by atoms with E-state index < -0.39 is 83.6 Å². The van der Waals surface area contributed by atoms with Crippen molar-refractivity contribution >= 4 is 52.3 Å². The Bertz CT molecular complexity index is 2190. The first-order valence-corrected chi connectivity index (χ1v) is 21.0. The quantitative estimate of drug-likeness (QED) is 0.0991. The van der Waals surface area contributed by atoms with Gasteiger partial charge < -0.3 is 52.4 Å². The van der Waals surface area contributed by atoms with E-state index in [4.69, 9.17) is 15.6 Å². The van der Waals surface area contributed by atoms with Gasteiger partial charge in [0.2, 0.25) is 35.4 Å². The summed E-state index contributed by atoms with van der Waals surface area (Å²) in [5.41, 5.74) is 8.68. The number of amides is 6. The van der Waals surface area contributed by atoms with Crippen LogP contribution in [0.4, 0.5) is 0 Å². The highest BCUT2D eigenvalue weighted by molar-refractivity contribution is 5.98. The highest BCUT2D eigenvalue weighted by Gasteiger charge is 2.37. The number of hydrogen-bond donors (Lipinski definition) is 9. The first-order valence-electron chi connectivity index (χ1n) is 21.0. The van der Waals surface area contributed by atoms with Gasteiger partial charge in [-0.25, -0.2) is 0 Å². The highest BCUT2D eigenvalue weighted by Crippen LogP contribution is 2.20. The molecule has 10 N–H and O–H groups in total. The van der Waals surface area contributed by atoms with Gasteiger partial charge in [-0.05, 0) is 73.5 Å². The molecule has 4 aromatic rings. The van der Waals surface area contributed by atoms with Crippen molar-refractivity contribution in [2.24, 2.45) is 11.7 Å². The number of fused-ring (bicyclic) bond motifs is 1. The topological polar surface area (TPSA) is 265 Å². The normalized spacial score (nSPS) is 21.8. The van der Waals surface area contributed by atoms with Crippen LogP contribution in [0.15, 0.2) is 85.1 Å². The summed E-state index contributed by atoms with van der Waals surface area (Å²) < 4.78 is 0. The number of aliphatic carboxylic acids is 1. The van der Waals surface area contributed by atoms with Crippen molar-refractivity contribution in [1.82, 2.24) is 36.5 Å². The average molecular weight is 869 g/mol. The molecule has 5 rings (SSSR count). The number of benzene rings is 3. The summed E-state index contributed by atoms with van der Waals surface area (Å²) >= 11 is 0. The second kappa shape index (κ2) is 23.5. The van der Waals surface area contributed by atoms with Crippen LogP contribution in [0.2, 0.25) is 0 Å². The largest absolute Gasteiger partial charge is 0.508 e. The number of carbonyl (C=O) groups is 7. The molecule has 0 bridgehead atoms. The number of carbonyl (C=O) groups excluding carboxylic acids is 6. The molecular weight excluding hydrogens is 809 g/mol. The number of nitrogens with one attached hydrogen (secondary N) is 6. The van der Waals surface area contributed by atoms with E-state index in [0.29, 0.717) is 24.9 Å². The van der Waals surface area contributed by atoms with Crippen molar-refractivity contribution < 1.29 is 43.8 Å². The smallest absolute Gasteiger partial charge is 0.300 e. The van der Waals surface area contributed by atoms with Crippen LogP contribution in [0, 0.1) is 5.92 Å². The predicted octanol–water partition coefficient (Wildman–Crippen LogP) is 2.06. The van der Waals surface area contributed by atoms with Crippen LogP contribution in [0.5, 0.6) is 5.75 Å². The molecule has 1 saturated heterocycles. The van der Waals surface area contributed by atoms with Crippen LogP contribution in [0.3, 0.4) is 0 Å². The van der Waals surface area contributed by atoms with E-state index in [9.17, 15) is 33.9 Å². The van der Waals surface area contributed by atoms with Crippen LogP contribution in [0.25, 0.3) is 10.9 Å². The summed E-state index contributed by atoms with van der Waals surface area (Å²) in [6.45, 7) is 6.47. The Morgan fingerprint density at radius 1 is 0.683 bits per heavy atom. The Morgan fingerprint density at radius 3 is 1.84 bits per heavy atom. The monoisotopic (exact) mass is 868 g/mol. The number of carboxylic acid groups (broad SMARTS) is 1. The lowest BCUT2D eigenvalue weighted by Gasteiger charge is -2.32. The maximum Gasteiger partial charge on any atom is 0.300 e. The van der Waals surface area contributed by atoms with E-state index in [2.05, 4.69) is 31.6 Å². The first kappa shape index (κ1) is 48.9. The molecule has 3 aromatic carbocycles. The Labute approximate surface area is 366 Å². The molecule has 6 amide bonds. The summed E-state index contributed by atoms with van der Waals surface area (Å²) in [5.74, 6) is -5.04. The van der Waals surface area contributed by atoms with Gasteiger partial charge in [-0.2, -0.15) is 0 Å². The third-order valence-electron chi connectivity index (χ3n) is 10.8.